The second kappa shape index (κ2) is 6.03. The molecule has 0 aromatic heterocycles. The highest BCUT2D eigenvalue weighted by Gasteiger charge is 2.21. The van der Waals surface area contributed by atoms with Crippen molar-refractivity contribution in [1.82, 2.24) is 10.2 Å². The summed E-state index contributed by atoms with van der Waals surface area (Å²) >= 11 is 0. The molecule has 106 valence electrons. The Kier molecular flexibility index (Phi) is 4.60. The molecule has 1 aromatic carbocycles. The Morgan fingerprint density at radius 3 is 2.58 bits per heavy atom. The van der Waals surface area contributed by atoms with Crippen LogP contribution in [0, 0.1) is 0 Å². The summed E-state index contributed by atoms with van der Waals surface area (Å²) < 4.78 is 22.8. The Morgan fingerprint density at radius 2 is 2.00 bits per heavy atom. The average Bonchev–Trinajstić information content (AvgIpc) is 2.77. The lowest BCUT2D eigenvalue weighted by Gasteiger charge is -2.16. The summed E-state index contributed by atoms with van der Waals surface area (Å²) in [5, 5.41) is 3.47. The lowest BCUT2D eigenvalue weighted by Crippen LogP contribution is -2.32. The predicted octanol–water partition coefficient (Wildman–Crippen LogP) is 1.27. The molecule has 1 aromatic rings. The molecule has 0 saturated carbocycles. The molecule has 1 unspecified atom stereocenters. The van der Waals surface area contributed by atoms with Crippen molar-refractivity contribution in [3.8, 4) is 0 Å². The van der Waals surface area contributed by atoms with E-state index in [0.29, 0.717) is 10.9 Å². The summed E-state index contributed by atoms with van der Waals surface area (Å²) in [6.45, 7) is 6.22. The van der Waals surface area contributed by atoms with Gasteiger partial charge in [0.2, 0.25) is 0 Å². The van der Waals surface area contributed by atoms with E-state index in [0.717, 1.165) is 26.2 Å². The third-order valence-electron chi connectivity index (χ3n) is 3.52. The molecule has 1 saturated heterocycles. The van der Waals surface area contributed by atoms with E-state index in [2.05, 4.69) is 17.1 Å². The standard InChI is InChI=1S/C14H22N2O2S/c1-3-15-13-8-9-16(11-13)10-12-4-6-14(7-5-12)19(2,17)18/h4-7,13,15H,3,8-11H2,1-2H3. The van der Waals surface area contributed by atoms with Gasteiger partial charge in [-0.25, -0.2) is 8.42 Å². The van der Waals surface area contributed by atoms with E-state index in [1.54, 1.807) is 12.1 Å². The summed E-state index contributed by atoms with van der Waals surface area (Å²) in [7, 11) is -3.09. The number of benzene rings is 1. The number of rotatable bonds is 5. The topological polar surface area (TPSA) is 49.4 Å². The fraction of sp³-hybridized carbons (Fsp3) is 0.571. The molecule has 1 aliphatic heterocycles. The van der Waals surface area contributed by atoms with Crippen LogP contribution in [0.4, 0.5) is 0 Å². The lowest BCUT2D eigenvalue weighted by atomic mass is 10.2. The van der Waals surface area contributed by atoms with Gasteiger partial charge in [0.25, 0.3) is 0 Å². The number of hydrogen-bond donors (Lipinski definition) is 1. The third-order valence-corrected chi connectivity index (χ3v) is 4.65. The van der Waals surface area contributed by atoms with Crippen molar-refractivity contribution >= 4 is 9.84 Å². The Balaban J connectivity index is 1.94. The molecule has 2 rings (SSSR count). The zero-order valence-corrected chi connectivity index (χ0v) is 12.4. The summed E-state index contributed by atoms with van der Waals surface area (Å²) in [5.74, 6) is 0. The first-order valence-electron chi connectivity index (χ1n) is 6.74. The minimum Gasteiger partial charge on any atom is -0.313 e. The van der Waals surface area contributed by atoms with Crippen LogP contribution in [0.15, 0.2) is 29.2 Å². The molecule has 0 spiro atoms. The second-order valence-corrected chi connectivity index (χ2v) is 7.21. The first-order valence-corrected chi connectivity index (χ1v) is 8.63. The van der Waals surface area contributed by atoms with Gasteiger partial charge in [0.15, 0.2) is 9.84 Å². The van der Waals surface area contributed by atoms with Crippen LogP contribution in [0.5, 0.6) is 0 Å². The van der Waals surface area contributed by atoms with Crippen LogP contribution < -0.4 is 5.32 Å². The molecule has 1 heterocycles. The van der Waals surface area contributed by atoms with E-state index >= 15 is 0 Å². The first-order chi connectivity index (χ1) is 8.99. The first kappa shape index (κ1) is 14.5. The average molecular weight is 282 g/mol. The summed E-state index contributed by atoms with van der Waals surface area (Å²) in [5.41, 5.74) is 1.17. The number of likely N-dealkylation sites (tertiary alicyclic amines) is 1. The van der Waals surface area contributed by atoms with Gasteiger partial charge in [0.1, 0.15) is 0 Å². The van der Waals surface area contributed by atoms with Gasteiger partial charge < -0.3 is 5.32 Å². The van der Waals surface area contributed by atoms with Crippen molar-refractivity contribution in [2.75, 3.05) is 25.9 Å². The zero-order chi connectivity index (χ0) is 13.9. The Morgan fingerprint density at radius 1 is 1.32 bits per heavy atom. The highest BCUT2D eigenvalue weighted by atomic mass is 32.2. The van der Waals surface area contributed by atoms with Gasteiger partial charge in [-0.05, 0) is 30.7 Å². The summed E-state index contributed by atoms with van der Waals surface area (Å²) in [6.07, 6.45) is 2.43. The van der Waals surface area contributed by atoms with Crippen LogP contribution in [-0.2, 0) is 16.4 Å². The normalized spacial score (nSPS) is 20.8. The van der Waals surface area contributed by atoms with E-state index in [-0.39, 0.29) is 0 Å². The van der Waals surface area contributed by atoms with Crippen molar-refractivity contribution in [3.05, 3.63) is 29.8 Å². The molecule has 1 N–H and O–H groups in total. The molecular weight excluding hydrogens is 260 g/mol. The largest absolute Gasteiger partial charge is 0.313 e. The fourth-order valence-corrected chi connectivity index (χ4v) is 3.16. The van der Waals surface area contributed by atoms with E-state index in [9.17, 15) is 8.42 Å². The van der Waals surface area contributed by atoms with Gasteiger partial charge >= 0.3 is 0 Å². The van der Waals surface area contributed by atoms with Gasteiger partial charge in [-0.2, -0.15) is 0 Å². The monoisotopic (exact) mass is 282 g/mol. The van der Waals surface area contributed by atoms with E-state index < -0.39 is 9.84 Å². The Labute approximate surface area is 115 Å². The molecule has 1 fully saturated rings. The maximum atomic E-state index is 11.4. The molecular formula is C14H22N2O2S. The lowest BCUT2D eigenvalue weighted by molar-refractivity contribution is 0.321. The van der Waals surface area contributed by atoms with Crippen LogP contribution in [0.25, 0.3) is 0 Å². The molecule has 4 nitrogen and oxygen atoms in total. The molecule has 1 aliphatic rings. The van der Waals surface area contributed by atoms with Crippen LogP contribution in [0.2, 0.25) is 0 Å². The van der Waals surface area contributed by atoms with Crippen molar-refractivity contribution < 1.29 is 8.42 Å². The third kappa shape index (κ3) is 4.03. The predicted molar refractivity (Wildman–Crippen MR) is 76.9 cm³/mol. The van der Waals surface area contributed by atoms with Gasteiger partial charge in [0, 0.05) is 31.9 Å². The quantitative estimate of drug-likeness (QED) is 0.884. The number of hydrogen-bond acceptors (Lipinski definition) is 4. The fourth-order valence-electron chi connectivity index (χ4n) is 2.53. The van der Waals surface area contributed by atoms with Crippen LogP contribution >= 0.6 is 0 Å². The number of nitrogens with one attached hydrogen (secondary N) is 1. The Bertz CT molecular complexity index is 511. The zero-order valence-electron chi connectivity index (χ0n) is 11.6. The Hall–Kier alpha value is -0.910. The maximum absolute atomic E-state index is 11.4. The van der Waals surface area contributed by atoms with Gasteiger partial charge in [-0.3, -0.25) is 4.90 Å². The van der Waals surface area contributed by atoms with Gasteiger partial charge in [-0.15, -0.1) is 0 Å². The van der Waals surface area contributed by atoms with Crippen molar-refractivity contribution in [3.63, 3.8) is 0 Å². The number of likely N-dealkylation sites (N-methyl/N-ethyl adjacent to an activating group) is 1. The van der Waals surface area contributed by atoms with Crippen molar-refractivity contribution in [1.29, 1.82) is 0 Å². The molecule has 0 amide bonds. The number of sulfone groups is 1. The van der Waals surface area contributed by atoms with Crippen molar-refractivity contribution in [2.24, 2.45) is 0 Å². The molecule has 19 heavy (non-hydrogen) atoms. The minimum atomic E-state index is -3.09. The summed E-state index contributed by atoms with van der Waals surface area (Å²) in [6, 6.07) is 7.82. The summed E-state index contributed by atoms with van der Waals surface area (Å²) in [4.78, 5) is 2.80. The van der Waals surface area contributed by atoms with Gasteiger partial charge in [-0.1, -0.05) is 19.1 Å². The van der Waals surface area contributed by atoms with E-state index in [1.807, 2.05) is 12.1 Å². The van der Waals surface area contributed by atoms with Crippen LogP contribution in [0.1, 0.15) is 18.9 Å². The molecule has 0 bridgehead atoms. The second-order valence-electron chi connectivity index (χ2n) is 5.19. The van der Waals surface area contributed by atoms with Crippen LogP contribution in [-0.4, -0.2) is 45.2 Å². The highest BCUT2D eigenvalue weighted by molar-refractivity contribution is 7.90. The van der Waals surface area contributed by atoms with E-state index in [1.165, 1.54) is 18.2 Å². The number of nitrogens with zero attached hydrogens (tertiary/aromatic N) is 1. The SMILES string of the molecule is CCNC1CCN(Cc2ccc(S(C)(=O)=O)cc2)C1. The minimum absolute atomic E-state index is 0.392. The molecule has 0 radical (unpaired) electrons. The molecule has 0 aliphatic carbocycles. The maximum Gasteiger partial charge on any atom is 0.175 e. The van der Waals surface area contributed by atoms with E-state index in [4.69, 9.17) is 0 Å². The van der Waals surface area contributed by atoms with Gasteiger partial charge in [0.05, 0.1) is 4.90 Å². The smallest absolute Gasteiger partial charge is 0.175 e. The van der Waals surface area contributed by atoms with Crippen LogP contribution in [0.3, 0.4) is 0 Å². The molecule has 1 atom stereocenters. The molecule has 5 heteroatoms. The highest BCUT2D eigenvalue weighted by Crippen LogP contribution is 2.15. The van der Waals surface area contributed by atoms with Crippen molar-refractivity contribution in [2.45, 2.75) is 30.8 Å².